The van der Waals surface area contributed by atoms with Crippen molar-refractivity contribution in [3.05, 3.63) is 40.8 Å². The third kappa shape index (κ3) is 1.80. The van der Waals surface area contributed by atoms with Crippen LogP contribution < -0.4 is 0 Å². The normalized spacial score (nSPS) is 16.1. The fraction of sp³-hybridized carbons (Fsp3) is 0.182. The van der Waals surface area contributed by atoms with Gasteiger partial charge in [0.2, 0.25) is 0 Å². The molecule has 1 aliphatic rings. The number of allylic oxidation sites excluding steroid dienone is 4. The number of hydrogen-bond acceptors (Lipinski definition) is 2. The van der Waals surface area contributed by atoms with Crippen LogP contribution in [0.5, 0.6) is 0 Å². The van der Waals surface area contributed by atoms with E-state index in [1.807, 2.05) is 18.2 Å². The van der Waals surface area contributed by atoms with E-state index >= 15 is 0 Å². The Morgan fingerprint density at radius 2 is 2.14 bits per heavy atom. The molecule has 0 saturated heterocycles. The summed E-state index contributed by atoms with van der Waals surface area (Å²) in [5.41, 5.74) is 1.09. The van der Waals surface area contributed by atoms with Gasteiger partial charge in [0.05, 0.1) is 0 Å². The number of furan rings is 1. The zero-order valence-electron chi connectivity index (χ0n) is 7.50. The van der Waals surface area contributed by atoms with Crippen LogP contribution >= 0.6 is 11.6 Å². The molecule has 72 valence electrons. The standard InChI is InChI=1S/C11H9ClO2/c12-9-3-1-8(2-4-9)11-6-5-10(7-13)14-11/h1,3,5-7H,2,4H2. The first-order valence-corrected chi connectivity index (χ1v) is 4.78. The molecule has 0 N–H and O–H groups in total. The molecule has 0 saturated carbocycles. The Labute approximate surface area is 86.9 Å². The van der Waals surface area contributed by atoms with Gasteiger partial charge in [-0.25, -0.2) is 0 Å². The molecule has 0 radical (unpaired) electrons. The average molecular weight is 209 g/mol. The van der Waals surface area contributed by atoms with E-state index in [2.05, 4.69) is 0 Å². The van der Waals surface area contributed by atoms with Crippen LogP contribution in [0.25, 0.3) is 5.57 Å². The lowest BCUT2D eigenvalue weighted by atomic mass is 10.0. The Hall–Kier alpha value is -1.28. The van der Waals surface area contributed by atoms with E-state index in [0.29, 0.717) is 12.0 Å². The van der Waals surface area contributed by atoms with Crippen molar-refractivity contribution in [2.45, 2.75) is 12.8 Å². The third-order valence-electron chi connectivity index (χ3n) is 2.16. The molecule has 0 unspecified atom stereocenters. The zero-order chi connectivity index (χ0) is 9.97. The molecule has 1 aromatic rings. The van der Waals surface area contributed by atoms with E-state index in [1.165, 1.54) is 0 Å². The van der Waals surface area contributed by atoms with Gasteiger partial charge >= 0.3 is 0 Å². The molecule has 1 heterocycles. The summed E-state index contributed by atoms with van der Waals surface area (Å²) >= 11 is 5.83. The van der Waals surface area contributed by atoms with Crippen molar-refractivity contribution < 1.29 is 9.21 Å². The van der Waals surface area contributed by atoms with Crippen LogP contribution in [0, 0.1) is 0 Å². The van der Waals surface area contributed by atoms with Crippen LogP contribution in [-0.2, 0) is 0 Å². The molecule has 0 aliphatic heterocycles. The summed E-state index contributed by atoms with van der Waals surface area (Å²) in [5.74, 6) is 1.12. The summed E-state index contributed by atoms with van der Waals surface area (Å²) in [6, 6.07) is 3.48. The first kappa shape index (κ1) is 9.28. The summed E-state index contributed by atoms with van der Waals surface area (Å²) < 4.78 is 5.30. The van der Waals surface area contributed by atoms with Crippen molar-refractivity contribution in [2.24, 2.45) is 0 Å². The smallest absolute Gasteiger partial charge is 0.185 e. The quantitative estimate of drug-likeness (QED) is 0.698. The summed E-state index contributed by atoms with van der Waals surface area (Å²) in [6.07, 6.45) is 6.20. The van der Waals surface area contributed by atoms with Crippen LogP contribution in [0.4, 0.5) is 0 Å². The van der Waals surface area contributed by atoms with Gasteiger partial charge in [-0.1, -0.05) is 17.7 Å². The molecule has 3 heteroatoms. The van der Waals surface area contributed by atoms with E-state index in [1.54, 1.807) is 6.07 Å². The molecule has 1 aliphatic carbocycles. The van der Waals surface area contributed by atoms with Crippen LogP contribution in [-0.4, -0.2) is 6.29 Å². The van der Waals surface area contributed by atoms with Gasteiger partial charge in [0.25, 0.3) is 0 Å². The molecule has 0 fully saturated rings. The number of carbonyl (C=O) groups excluding carboxylic acids is 1. The summed E-state index contributed by atoms with van der Waals surface area (Å²) in [7, 11) is 0. The summed E-state index contributed by atoms with van der Waals surface area (Å²) in [4.78, 5) is 10.4. The number of halogens is 1. The second-order valence-corrected chi connectivity index (χ2v) is 3.61. The first-order valence-electron chi connectivity index (χ1n) is 4.40. The molecular formula is C11H9ClO2. The van der Waals surface area contributed by atoms with E-state index in [4.69, 9.17) is 16.0 Å². The zero-order valence-corrected chi connectivity index (χ0v) is 8.25. The highest BCUT2D eigenvalue weighted by atomic mass is 35.5. The Morgan fingerprint density at radius 1 is 1.29 bits per heavy atom. The molecule has 0 atom stereocenters. The van der Waals surface area contributed by atoms with Crippen molar-refractivity contribution in [1.82, 2.24) is 0 Å². The minimum atomic E-state index is 0.363. The average Bonchev–Trinajstić information content (AvgIpc) is 2.67. The predicted molar refractivity (Wildman–Crippen MR) is 55.2 cm³/mol. The van der Waals surface area contributed by atoms with Gasteiger partial charge in [-0.2, -0.15) is 0 Å². The summed E-state index contributed by atoms with van der Waals surface area (Å²) in [6.45, 7) is 0. The van der Waals surface area contributed by atoms with E-state index < -0.39 is 0 Å². The first-order chi connectivity index (χ1) is 6.79. The highest BCUT2D eigenvalue weighted by molar-refractivity contribution is 6.29. The lowest BCUT2D eigenvalue weighted by molar-refractivity contribution is 0.110. The van der Waals surface area contributed by atoms with Crippen molar-refractivity contribution in [1.29, 1.82) is 0 Å². The Bertz CT molecular complexity index is 413. The molecule has 0 amide bonds. The lowest BCUT2D eigenvalue weighted by Crippen LogP contribution is -1.88. The fourth-order valence-electron chi connectivity index (χ4n) is 1.41. The SMILES string of the molecule is O=Cc1ccc(C2=CC=C(Cl)CC2)o1. The van der Waals surface area contributed by atoms with E-state index in [0.717, 1.165) is 29.2 Å². The van der Waals surface area contributed by atoms with Crippen LogP contribution in [0.2, 0.25) is 0 Å². The van der Waals surface area contributed by atoms with Crippen molar-refractivity contribution in [3.8, 4) is 0 Å². The van der Waals surface area contributed by atoms with Gasteiger partial charge in [0, 0.05) is 5.03 Å². The minimum absolute atomic E-state index is 0.363. The molecule has 2 nitrogen and oxygen atoms in total. The number of hydrogen-bond donors (Lipinski definition) is 0. The van der Waals surface area contributed by atoms with Gasteiger partial charge in [0.15, 0.2) is 12.0 Å². The number of aldehydes is 1. The van der Waals surface area contributed by atoms with Gasteiger partial charge in [-0.3, -0.25) is 4.79 Å². The molecule has 2 rings (SSSR count). The van der Waals surface area contributed by atoms with Gasteiger partial charge in [-0.15, -0.1) is 0 Å². The maximum Gasteiger partial charge on any atom is 0.185 e. The molecule has 0 aromatic carbocycles. The van der Waals surface area contributed by atoms with E-state index in [-0.39, 0.29) is 0 Å². The molecule has 0 bridgehead atoms. The van der Waals surface area contributed by atoms with Crippen molar-refractivity contribution in [2.75, 3.05) is 0 Å². The molecule has 0 spiro atoms. The van der Waals surface area contributed by atoms with Gasteiger partial charge in [-0.05, 0) is 36.6 Å². The minimum Gasteiger partial charge on any atom is -0.454 e. The van der Waals surface area contributed by atoms with Crippen LogP contribution in [0.15, 0.2) is 33.7 Å². The Morgan fingerprint density at radius 3 is 2.71 bits per heavy atom. The Kier molecular flexibility index (Phi) is 2.55. The van der Waals surface area contributed by atoms with Crippen molar-refractivity contribution in [3.63, 3.8) is 0 Å². The van der Waals surface area contributed by atoms with Crippen molar-refractivity contribution >= 4 is 23.5 Å². The van der Waals surface area contributed by atoms with Crippen LogP contribution in [0.3, 0.4) is 0 Å². The topological polar surface area (TPSA) is 30.2 Å². The number of rotatable bonds is 2. The number of carbonyl (C=O) groups is 1. The second kappa shape index (κ2) is 3.84. The highest BCUT2D eigenvalue weighted by Gasteiger charge is 2.10. The second-order valence-electron chi connectivity index (χ2n) is 3.13. The fourth-order valence-corrected chi connectivity index (χ4v) is 1.56. The Balaban J connectivity index is 2.27. The van der Waals surface area contributed by atoms with Crippen LogP contribution in [0.1, 0.15) is 29.2 Å². The molecule has 14 heavy (non-hydrogen) atoms. The summed E-state index contributed by atoms with van der Waals surface area (Å²) in [5, 5.41) is 0.857. The monoisotopic (exact) mass is 208 g/mol. The molecule has 1 aromatic heterocycles. The molecular weight excluding hydrogens is 200 g/mol. The third-order valence-corrected chi connectivity index (χ3v) is 2.47. The van der Waals surface area contributed by atoms with E-state index in [9.17, 15) is 4.79 Å². The maximum atomic E-state index is 10.4. The highest BCUT2D eigenvalue weighted by Crippen LogP contribution is 2.28. The predicted octanol–water partition coefficient (Wildman–Crippen LogP) is 3.39. The largest absolute Gasteiger partial charge is 0.454 e. The van der Waals surface area contributed by atoms with Gasteiger partial charge < -0.3 is 4.42 Å². The lowest BCUT2D eigenvalue weighted by Gasteiger charge is -2.07. The maximum absolute atomic E-state index is 10.4. The van der Waals surface area contributed by atoms with Gasteiger partial charge in [0.1, 0.15) is 5.76 Å².